The van der Waals surface area contributed by atoms with Crippen LogP contribution in [0.3, 0.4) is 0 Å². The highest BCUT2D eigenvalue weighted by Gasteiger charge is 2.21. The minimum Gasteiger partial charge on any atom is -0.360 e. The lowest BCUT2D eigenvalue weighted by molar-refractivity contribution is 0.730. The molecule has 0 bridgehead atoms. The number of hydrogen-bond donors (Lipinski definition) is 2. The van der Waals surface area contributed by atoms with Crippen molar-refractivity contribution in [2.75, 3.05) is 5.32 Å². The van der Waals surface area contributed by atoms with E-state index in [1.54, 1.807) is 42.7 Å². The normalized spacial score (nSPS) is 12.2. The fourth-order valence-electron chi connectivity index (χ4n) is 3.53. The second-order valence-corrected chi connectivity index (χ2v) is 7.38. The first kappa shape index (κ1) is 19.8. The lowest BCUT2D eigenvalue weighted by Crippen LogP contribution is -2.28. The van der Waals surface area contributed by atoms with E-state index in [-0.39, 0.29) is 16.8 Å². The molecule has 158 valence electrons. The van der Waals surface area contributed by atoms with E-state index < -0.39 is 11.6 Å². The molecule has 11 heteroatoms. The molecule has 0 aliphatic carbocycles. The molecule has 0 saturated heterocycles. The summed E-state index contributed by atoms with van der Waals surface area (Å²) in [5.74, 6) is 0.667. The van der Waals surface area contributed by atoms with E-state index >= 15 is 0 Å². The molecule has 0 aliphatic rings. The van der Waals surface area contributed by atoms with Gasteiger partial charge < -0.3 is 10.3 Å². The van der Waals surface area contributed by atoms with Gasteiger partial charge in [-0.15, -0.1) is 0 Å². The van der Waals surface area contributed by atoms with Gasteiger partial charge in [-0.2, -0.15) is 4.98 Å². The van der Waals surface area contributed by atoms with Crippen LogP contribution in [0.4, 0.5) is 5.82 Å². The smallest absolute Gasteiger partial charge is 0.285 e. The number of H-pyrrole nitrogens is 1. The Kier molecular flexibility index (Phi) is 4.83. The van der Waals surface area contributed by atoms with E-state index in [1.807, 2.05) is 6.92 Å². The molecule has 1 aromatic carbocycles. The van der Waals surface area contributed by atoms with Crippen LogP contribution in [-0.4, -0.2) is 34.5 Å². The highest BCUT2D eigenvalue weighted by atomic mass is 35.5. The number of benzene rings is 1. The molecule has 4 aromatic heterocycles. The van der Waals surface area contributed by atoms with E-state index in [0.717, 1.165) is 0 Å². The van der Waals surface area contributed by atoms with Gasteiger partial charge in [0.1, 0.15) is 29.0 Å². The largest absolute Gasteiger partial charge is 0.360 e. The van der Waals surface area contributed by atoms with Crippen molar-refractivity contribution in [1.29, 1.82) is 0 Å². The average Bonchev–Trinajstić information content (AvgIpc) is 2.79. The number of anilines is 1. The summed E-state index contributed by atoms with van der Waals surface area (Å²) in [6.45, 7) is 1.81. The van der Waals surface area contributed by atoms with Crippen LogP contribution in [0.25, 0.3) is 27.6 Å². The van der Waals surface area contributed by atoms with E-state index in [0.29, 0.717) is 33.1 Å². The van der Waals surface area contributed by atoms with Gasteiger partial charge >= 0.3 is 0 Å². The Bertz CT molecular complexity index is 1580. The summed E-state index contributed by atoms with van der Waals surface area (Å²) < 4.78 is 1.45. The van der Waals surface area contributed by atoms with Crippen molar-refractivity contribution in [1.82, 2.24) is 34.5 Å². The fraction of sp³-hybridized carbons (Fsp3) is 0.0952. The van der Waals surface area contributed by atoms with Crippen LogP contribution in [0.15, 0.2) is 65.0 Å². The zero-order valence-corrected chi connectivity index (χ0v) is 17.4. The molecule has 0 unspecified atom stereocenters. The summed E-state index contributed by atoms with van der Waals surface area (Å²) in [6, 6.07) is 8.04. The Morgan fingerprint density at radius 3 is 2.78 bits per heavy atom. The van der Waals surface area contributed by atoms with Crippen LogP contribution < -0.4 is 16.4 Å². The van der Waals surface area contributed by atoms with Crippen molar-refractivity contribution < 1.29 is 0 Å². The molecule has 2 N–H and O–H groups in total. The summed E-state index contributed by atoms with van der Waals surface area (Å²) in [6.07, 6.45) is 5.79. The van der Waals surface area contributed by atoms with Crippen molar-refractivity contribution in [2.24, 2.45) is 0 Å². The summed E-state index contributed by atoms with van der Waals surface area (Å²) in [7, 11) is 0. The van der Waals surface area contributed by atoms with Crippen molar-refractivity contribution in [2.45, 2.75) is 13.0 Å². The maximum absolute atomic E-state index is 13.5. The molecule has 0 aliphatic heterocycles. The van der Waals surface area contributed by atoms with Gasteiger partial charge in [-0.05, 0) is 31.2 Å². The Hall–Kier alpha value is -4.18. The highest BCUT2D eigenvalue weighted by Crippen LogP contribution is 2.25. The van der Waals surface area contributed by atoms with Crippen molar-refractivity contribution in [3.63, 3.8) is 0 Å². The third kappa shape index (κ3) is 3.26. The topological polar surface area (TPSA) is 131 Å². The number of pyridine rings is 1. The van der Waals surface area contributed by atoms with E-state index in [9.17, 15) is 9.59 Å². The summed E-state index contributed by atoms with van der Waals surface area (Å²) in [5.41, 5.74) is 0.528. The van der Waals surface area contributed by atoms with Crippen LogP contribution in [0.5, 0.6) is 0 Å². The molecular weight excluding hydrogens is 432 g/mol. The standard InChI is InChI=1S/C21H15ClN8O2/c1-11(28-18-16-17(24-9-26-18)25-10-27-20(16)31)19-29-14-6-2-5-13(22)15(14)21(32)30(19)12-4-3-7-23-8-12/h2-11H,1H3,(H2,24,25,26,27,28,31)/t11-/m0/s1. The van der Waals surface area contributed by atoms with Crippen molar-refractivity contribution >= 4 is 39.4 Å². The minimum absolute atomic E-state index is 0.209. The molecule has 0 radical (unpaired) electrons. The van der Waals surface area contributed by atoms with Gasteiger partial charge in [0.2, 0.25) is 0 Å². The molecule has 10 nitrogen and oxygen atoms in total. The number of aromatic amines is 1. The second kappa shape index (κ2) is 7.82. The Labute approximate surface area is 185 Å². The Morgan fingerprint density at radius 1 is 1.09 bits per heavy atom. The third-order valence-corrected chi connectivity index (χ3v) is 5.28. The van der Waals surface area contributed by atoms with Crippen LogP contribution in [0.2, 0.25) is 5.02 Å². The summed E-state index contributed by atoms with van der Waals surface area (Å²) >= 11 is 6.32. The molecule has 0 fully saturated rings. The summed E-state index contributed by atoms with van der Waals surface area (Å²) in [5, 5.41) is 4.00. The molecular formula is C21H15ClN8O2. The van der Waals surface area contributed by atoms with E-state index in [2.05, 4.69) is 30.2 Å². The van der Waals surface area contributed by atoms with Crippen LogP contribution in [0, 0.1) is 0 Å². The summed E-state index contributed by atoms with van der Waals surface area (Å²) in [4.78, 5) is 49.5. The first-order valence-corrected chi connectivity index (χ1v) is 9.99. The van der Waals surface area contributed by atoms with Gasteiger partial charge in [0, 0.05) is 6.20 Å². The number of hydrogen-bond acceptors (Lipinski definition) is 8. The number of nitrogens with zero attached hydrogens (tertiary/aromatic N) is 6. The van der Waals surface area contributed by atoms with Gasteiger partial charge in [-0.3, -0.25) is 19.1 Å². The monoisotopic (exact) mass is 446 g/mol. The van der Waals surface area contributed by atoms with Crippen LogP contribution in [0.1, 0.15) is 18.8 Å². The third-order valence-electron chi connectivity index (χ3n) is 4.96. The van der Waals surface area contributed by atoms with Crippen molar-refractivity contribution in [3.05, 3.63) is 86.9 Å². The highest BCUT2D eigenvalue weighted by molar-refractivity contribution is 6.35. The second-order valence-electron chi connectivity index (χ2n) is 6.98. The predicted molar refractivity (Wildman–Crippen MR) is 120 cm³/mol. The maximum Gasteiger partial charge on any atom is 0.285 e. The first-order valence-electron chi connectivity index (χ1n) is 9.61. The molecule has 32 heavy (non-hydrogen) atoms. The van der Waals surface area contributed by atoms with Crippen LogP contribution >= 0.6 is 11.6 Å². The molecule has 0 amide bonds. The van der Waals surface area contributed by atoms with Gasteiger partial charge in [0.05, 0.1) is 40.2 Å². The lowest BCUT2D eigenvalue weighted by atomic mass is 10.2. The Balaban J connectivity index is 1.72. The SMILES string of the molecule is C[C@H](Nc1ncnc2[nH]cnc(=O)c12)c1nc2cccc(Cl)c2c(=O)n1-c1cccnc1. The van der Waals surface area contributed by atoms with Gasteiger partial charge in [0.25, 0.3) is 11.1 Å². The van der Waals surface area contributed by atoms with Gasteiger partial charge in [-0.25, -0.2) is 15.0 Å². The maximum atomic E-state index is 13.5. The van der Waals surface area contributed by atoms with E-state index in [4.69, 9.17) is 16.6 Å². The number of halogens is 1. The minimum atomic E-state index is -0.538. The van der Waals surface area contributed by atoms with Crippen molar-refractivity contribution in [3.8, 4) is 5.69 Å². The van der Waals surface area contributed by atoms with Gasteiger partial charge in [0.15, 0.2) is 0 Å². The van der Waals surface area contributed by atoms with Gasteiger partial charge in [-0.1, -0.05) is 17.7 Å². The number of aromatic nitrogens is 7. The molecule has 0 spiro atoms. The average molecular weight is 447 g/mol. The zero-order valence-electron chi connectivity index (χ0n) is 16.7. The number of fused-ring (bicyclic) bond motifs is 2. The lowest BCUT2D eigenvalue weighted by Gasteiger charge is -2.20. The number of rotatable bonds is 4. The predicted octanol–water partition coefficient (Wildman–Crippen LogP) is 2.63. The molecule has 4 heterocycles. The molecule has 1 atom stereocenters. The Morgan fingerprint density at radius 2 is 1.97 bits per heavy atom. The zero-order chi connectivity index (χ0) is 22.2. The molecule has 5 aromatic rings. The number of nitrogens with one attached hydrogen (secondary N) is 2. The molecule has 0 saturated carbocycles. The fourth-order valence-corrected chi connectivity index (χ4v) is 3.78. The first-order chi connectivity index (χ1) is 15.5. The van der Waals surface area contributed by atoms with Crippen LogP contribution in [-0.2, 0) is 0 Å². The van der Waals surface area contributed by atoms with E-state index in [1.165, 1.54) is 17.2 Å². The molecule has 5 rings (SSSR count). The quantitative estimate of drug-likeness (QED) is 0.430.